The average molecular weight is 512 g/mol. The number of carbonyl (C=O) groups is 2. The molecule has 0 spiro atoms. The number of halogens is 1. The number of nitrogens with zero attached hydrogens (tertiary/aromatic N) is 4. The Kier molecular flexibility index (Phi) is 8.96. The van der Waals surface area contributed by atoms with Crippen LogP contribution in [0.15, 0.2) is 24.5 Å². The average Bonchev–Trinajstić information content (AvgIpc) is 2.87. The van der Waals surface area contributed by atoms with Crippen molar-refractivity contribution < 1.29 is 9.59 Å². The Morgan fingerprint density at radius 3 is 2.42 bits per heavy atom. The highest BCUT2D eigenvalue weighted by Gasteiger charge is 2.31. The van der Waals surface area contributed by atoms with Crippen LogP contribution in [0.3, 0.4) is 0 Å². The van der Waals surface area contributed by atoms with E-state index in [4.69, 9.17) is 11.6 Å². The summed E-state index contributed by atoms with van der Waals surface area (Å²) in [5.41, 5.74) is 4.76. The number of nitrogens with one attached hydrogen (secondary N) is 1. The summed E-state index contributed by atoms with van der Waals surface area (Å²) in [6.07, 6.45) is 8.21. The zero-order chi connectivity index (χ0) is 25.7. The quantitative estimate of drug-likeness (QED) is 0.604. The van der Waals surface area contributed by atoms with Crippen LogP contribution >= 0.6 is 11.6 Å². The molecule has 2 aromatic rings. The Morgan fingerprint density at radius 1 is 1.03 bits per heavy atom. The summed E-state index contributed by atoms with van der Waals surface area (Å²) >= 11 is 6.14. The van der Waals surface area contributed by atoms with E-state index in [0.29, 0.717) is 17.8 Å². The zero-order valence-electron chi connectivity index (χ0n) is 21.7. The van der Waals surface area contributed by atoms with Gasteiger partial charge in [0.25, 0.3) is 5.91 Å². The van der Waals surface area contributed by atoms with Crippen molar-refractivity contribution in [3.63, 3.8) is 0 Å². The largest absolute Gasteiger partial charge is 0.354 e. The van der Waals surface area contributed by atoms with E-state index in [2.05, 4.69) is 32.3 Å². The molecule has 1 N–H and O–H groups in total. The molecule has 194 valence electrons. The van der Waals surface area contributed by atoms with Crippen LogP contribution in [0.25, 0.3) is 0 Å². The molecule has 2 fully saturated rings. The predicted octanol–water partition coefficient (Wildman–Crippen LogP) is 4.13. The Morgan fingerprint density at radius 2 is 1.75 bits per heavy atom. The number of likely N-dealkylation sites (tertiary alicyclic amines) is 2. The molecule has 0 unspecified atom stereocenters. The highest BCUT2D eigenvalue weighted by atomic mass is 35.5. The predicted molar refractivity (Wildman–Crippen MR) is 142 cm³/mol. The summed E-state index contributed by atoms with van der Waals surface area (Å²) in [5.74, 6) is 0.0763. The lowest BCUT2D eigenvalue weighted by molar-refractivity contribution is -0.120. The smallest absolute Gasteiger partial charge is 0.272 e. The summed E-state index contributed by atoms with van der Waals surface area (Å²) in [6, 6.07) is 6.97. The van der Waals surface area contributed by atoms with Crippen molar-refractivity contribution in [1.82, 2.24) is 25.1 Å². The van der Waals surface area contributed by atoms with Gasteiger partial charge in [-0.2, -0.15) is 0 Å². The standard InChI is InChI=1S/C28H38ClN5O2/c1-19-17-22(7-8-25(19)29)5-4-6-26-20(2)27(31-18-30-26)28(36)34-15-11-24(12-16-34)33-13-9-23(10-14-33)32-21(3)35/h7-8,17-18,23-24H,4-6,9-16H2,1-3H3,(H,32,35). The van der Waals surface area contributed by atoms with Crippen molar-refractivity contribution in [3.8, 4) is 0 Å². The fraction of sp³-hybridized carbons (Fsp3) is 0.571. The normalized spacial score (nSPS) is 17.8. The van der Waals surface area contributed by atoms with Crippen LogP contribution in [0.1, 0.15) is 71.9 Å². The fourth-order valence-electron chi connectivity index (χ4n) is 5.56. The molecular weight excluding hydrogens is 474 g/mol. The van der Waals surface area contributed by atoms with E-state index in [0.717, 1.165) is 93.0 Å². The van der Waals surface area contributed by atoms with Crippen LogP contribution in [0.4, 0.5) is 0 Å². The van der Waals surface area contributed by atoms with Gasteiger partial charge in [-0.3, -0.25) is 9.59 Å². The van der Waals surface area contributed by atoms with Gasteiger partial charge in [0.15, 0.2) is 0 Å². The first-order chi connectivity index (χ1) is 17.3. The number of benzene rings is 1. The van der Waals surface area contributed by atoms with Crippen molar-refractivity contribution in [3.05, 3.63) is 57.6 Å². The van der Waals surface area contributed by atoms with Crippen molar-refractivity contribution in [2.75, 3.05) is 26.2 Å². The van der Waals surface area contributed by atoms with Crippen LogP contribution in [0.5, 0.6) is 0 Å². The third-order valence-corrected chi connectivity index (χ3v) is 8.12. The lowest BCUT2D eigenvalue weighted by Gasteiger charge is -2.41. The van der Waals surface area contributed by atoms with Crippen molar-refractivity contribution >= 4 is 23.4 Å². The molecular formula is C28H38ClN5O2. The van der Waals surface area contributed by atoms with Crippen molar-refractivity contribution in [1.29, 1.82) is 0 Å². The number of rotatable bonds is 7. The van der Waals surface area contributed by atoms with E-state index in [1.54, 1.807) is 6.92 Å². The van der Waals surface area contributed by atoms with Crippen LogP contribution in [0, 0.1) is 13.8 Å². The molecule has 2 saturated heterocycles. The summed E-state index contributed by atoms with van der Waals surface area (Å²) < 4.78 is 0. The number of aromatic nitrogens is 2. The number of piperidine rings is 2. The maximum atomic E-state index is 13.3. The number of carbonyl (C=O) groups excluding carboxylic acids is 2. The summed E-state index contributed by atoms with van der Waals surface area (Å²) in [4.78, 5) is 38.0. The maximum Gasteiger partial charge on any atom is 0.272 e. The number of amides is 2. The van der Waals surface area contributed by atoms with Gasteiger partial charge < -0.3 is 15.1 Å². The van der Waals surface area contributed by atoms with Gasteiger partial charge in [0.2, 0.25) is 5.91 Å². The molecule has 0 aliphatic carbocycles. The minimum absolute atomic E-state index is 0.0206. The van der Waals surface area contributed by atoms with Crippen LogP contribution in [-0.2, 0) is 17.6 Å². The molecule has 0 bridgehead atoms. The van der Waals surface area contributed by atoms with E-state index < -0.39 is 0 Å². The lowest BCUT2D eigenvalue weighted by atomic mass is 9.97. The molecule has 0 atom stereocenters. The van der Waals surface area contributed by atoms with Crippen molar-refractivity contribution in [2.45, 2.75) is 77.8 Å². The van der Waals surface area contributed by atoms with Crippen LogP contribution < -0.4 is 5.32 Å². The van der Waals surface area contributed by atoms with Crippen LogP contribution in [-0.4, -0.2) is 69.8 Å². The van der Waals surface area contributed by atoms with E-state index in [1.165, 1.54) is 11.9 Å². The molecule has 36 heavy (non-hydrogen) atoms. The van der Waals surface area contributed by atoms with E-state index in [-0.39, 0.29) is 11.8 Å². The summed E-state index contributed by atoms with van der Waals surface area (Å²) in [7, 11) is 0. The van der Waals surface area contributed by atoms with Crippen LogP contribution in [0.2, 0.25) is 5.02 Å². The van der Waals surface area contributed by atoms with Gasteiger partial charge in [-0.15, -0.1) is 0 Å². The highest BCUT2D eigenvalue weighted by molar-refractivity contribution is 6.31. The SMILES string of the molecule is CC(=O)NC1CCN(C2CCN(C(=O)c3ncnc(CCCc4ccc(Cl)c(C)c4)c3C)CC2)CC1. The number of aryl methyl sites for hydroxylation is 3. The van der Waals surface area contributed by atoms with Gasteiger partial charge in [0, 0.05) is 61.5 Å². The molecule has 1 aromatic carbocycles. The van der Waals surface area contributed by atoms with Gasteiger partial charge in [0.05, 0.1) is 0 Å². The first-order valence-corrected chi connectivity index (χ1v) is 13.6. The second-order valence-electron chi connectivity index (χ2n) is 10.3. The van der Waals surface area contributed by atoms with Crippen molar-refractivity contribution in [2.24, 2.45) is 0 Å². The van der Waals surface area contributed by atoms with Gasteiger partial charge in [-0.05, 0) is 76.0 Å². The minimum atomic E-state index is 0.0206. The highest BCUT2D eigenvalue weighted by Crippen LogP contribution is 2.23. The molecule has 2 amide bonds. The second kappa shape index (κ2) is 12.2. The second-order valence-corrected chi connectivity index (χ2v) is 10.7. The molecule has 1 aromatic heterocycles. The monoisotopic (exact) mass is 511 g/mol. The Hall–Kier alpha value is -2.51. The maximum absolute atomic E-state index is 13.3. The third-order valence-electron chi connectivity index (χ3n) is 7.70. The molecule has 2 aliphatic heterocycles. The number of hydrogen-bond acceptors (Lipinski definition) is 5. The van der Waals surface area contributed by atoms with E-state index in [1.807, 2.05) is 24.8 Å². The summed E-state index contributed by atoms with van der Waals surface area (Å²) in [5, 5.41) is 3.84. The van der Waals surface area contributed by atoms with Gasteiger partial charge in [-0.1, -0.05) is 23.7 Å². The number of hydrogen-bond donors (Lipinski definition) is 1. The molecule has 0 radical (unpaired) electrons. The minimum Gasteiger partial charge on any atom is -0.354 e. The molecule has 2 aliphatic rings. The molecule has 7 nitrogen and oxygen atoms in total. The first-order valence-electron chi connectivity index (χ1n) is 13.2. The van der Waals surface area contributed by atoms with Gasteiger partial charge in [0.1, 0.15) is 12.0 Å². The molecule has 3 heterocycles. The van der Waals surface area contributed by atoms with E-state index in [9.17, 15) is 9.59 Å². The topological polar surface area (TPSA) is 78.4 Å². The Balaban J connectivity index is 1.28. The Bertz CT molecular complexity index is 1080. The molecule has 0 saturated carbocycles. The zero-order valence-corrected chi connectivity index (χ0v) is 22.5. The van der Waals surface area contributed by atoms with Gasteiger partial charge >= 0.3 is 0 Å². The Labute approximate surface area is 219 Å². The van der Waals surface area contributed by atoms with E-state index >= 15 is 0 Å². The lowest BCUT2D eigenvalue weighted by Crippen LogP contribution is -2.51. The fourth-order valence-corrected chi connectivity index (χ4v) is 5.67. The third kappa shape index (κ3) is 6.62. The first kappa shape index (κ1) is 26.6. The molecule has 8 heteroatoms. The summed E-state index contributed by atoms with van der Waals surface area (Å²) in [6.45, 7) is 9.11. The van der Waals surface area contributed by atoms with Gasteiger partial charge in [-0.25, -0.2) is 9.97 Å². The molecule has 4 rings (SSSR count).